The van der Waals surface area contributed by atoms with Crippen LogP contribution in [0.2, 0.25) is 0 Å². The van der Waals surface area contributed by atoms with Gasteiger partial charge in [-0.3, -0.25) is 20.4 Å². The summed E-state index contributed by atoms with van der Waals surface area (Å²) < 4.78 is 5.11. The van der Waals surface area contributed by atoms with E-state index in [1.54, 1.807) is 0 Å². The van der Waals surface area contributed by atoms with Crippen molar-refractivity contribution in [2.24, 2.45) is 10.8 Å². The maximum Gasteiger partial charge on any atom is 0.356 e. The van der Waals surface area contributed by atoms with Gasteiger partial charge in [-0.05, 0) is 36.2 Å². The molecule has 0 unspecified atom stereocenters. The van der Waals surface area contributed by atoms with Gasteiger partial charge in [-0.25, -0.2) is 4.79 Å². The molecule has 2 aliphatic heterocycles. The van der Waals surface area contributed by atoms with E-state index in [-0.39, 0.29) is 47.4 Å². The maximum absolute atomic E-state index is 12.5. The fourth-order valence-electron chi connectivity index (χ4n) is 4.61. The Kier molecular flexibility index (Phi) is 4.05. The molecule has 24 heavy (non-hydrogen) atoms. The Bertz CT molecular complexity index is 613. The van der Waals surface area contributed by atoms with Gasteiger partial charge in [-0.15, -0.1) is 0 Å². The molecule has 7 nitrogen and oxygen atoms in total. The standard InChI is InChI=1S/C17H25N3O4/c1-16(2)6-11-7-17(3,9-16)10-20(11)14(22)8-24-15(23)12-4-5-13(21)19-18-12/h4,11,18H,5-10H2,1-3H3,(H,19,21)/t11-,17+/m1/s1. The number of hydrogen-bond acceptors (Lipinski definition) is 5. The van der Waals surface area contributed by atoms with Crippen molar-refractivity contribution >= 4 is 17.8 Å². The summed E-state index contributed by atoms with van der Waals surface area (Å²) in [6, 6.07) is 0.233. The molecule has 2 amide bonds. The van der Waals surface area contributed by atoms with E-state index < -0.39 is 5.97 Å². The number of amides is 2. The highest BCUT2D eigenvalue weighted by Crippen LogP contribution is 2.52. The summed E-state index contributed by atoms with van der Waals surface area (Å²) in [5, 5.41) is 0. The molecule has 3 aliphatic rings. The van der Waals surface area contributed by atoms with Crippen LogP contribution in [0, 0.1) is 10.8 Å². The molecular formula is C17H25N3O4. The summed E-state index contributed by atoms with van der Waals surface area (Å²) in [7, 11) is 0. The molecule has 7 heteroatoms. The van der Waals surface area contributed by atoms with Gasteiger partial charge in [0.15, 0.2) is 6.61 Å². The van der Waals surface area contributed by atoms with E-state index in [4.69, 9.17) is 4.74 Å². The molecule has 0 spiro atoms. The lowest BCUT2D eigenvalue weighted by molar-refractivity contribution is -0.150. The van der Waals surface area contributed by atoms with E-state index in [9.17, 15) is 14.4 Å². The third kappa shape index (κ3) is 3.39. The third-order valence-corrected chi connectivity index (χ3v) is 5.11. The van der Waals surface area contributed by atoms with E-state index in [1.807, 2.05) is 4.90 Å². The summed E-state index contributed by atoms with van der Waals surface area (Å²) in [4.78, 5) is 37.4. The predicted molar refractivity (Wildman–Crippen MR) is 86.2 cm³/mol. The first kappa shape index (κ1) is 16.8. The first-order chi connectivity index (χ1) is 11.2. The highest BCUT2D eigenvalue weighted by Gasteiger charge is 2.50. The van der Waals surface area contributed by atoms with Crippen molar-refractivity contribution in [2.45, 2.75) is 52.5 Å². The van der Waals surface area contributed by atoms with E-state index in [0.29, 0.717) is 0 Å². The number of likely N-dealkylation sites (tertiary alicyclic amines) is 1. The van der Waals surface area contributed by atoms with Gasteiger partial charge in [0.1, 0.15) is 5.70 Å². The molecule has 132 valence electrons. The van der Waals surface area contributed by atoms with Crippen LogP contribution in [0.5, 0.6) is 0 Å². The lowest BCUT2D eigenvalue weighted by Crippen LogP contribution is -2.43. The number of ether oxygens (including phenoxy) is 1. The molecule has 0 aromatic heterocycles. The van der Waals surface area contributed by atoms with Gasteiger partial charge >= 0.3 is 5.97 Å². The van der Waals surface area contributed by atoms with Crippen LogP contribution < -0.4 is 10.9 Å². The Hall–Kier alpha value is -2.05. The van der Waals surface area contributed by atoms with Gasteiger partial charge in [-0.2, -0.15) is 0 Å². The van der Waals surface area contributed by atoms with Crippen molar-refractivity contribution < 1.29 is 19.1 Å². The molecule has 2 N–H and O–H groups in total. The summed E-state index contributed by atoms with van der Waals surface area (Å²) in [6.07, 6.45) is 4.69. The Morgan fingerprint density at radius 2 is 2.04 bits per heavy atom. The molecule has 2 bridgehead atoms. The zero-order chi connectivity index (χ0) is 17.5. The van der Waals surface area contributed by atoms with Crippen LogP contribution in [0.1, 0.15) is 46.5 Å². The molecule has 1 saturated carbocycles. The second kappa shape index (κ2) is 5.79. The average Bonchev–Trinajstić information content (AvgIpc) is 2.74. The minimum absolute atomic E-state index is 0.118. The van der Waals surface area contributed by atoms with Gasteiger partial charge < -0.3 is 9.64 Å². The number of carbonyl (C=O) groups excluding carboxylic acids is 3. The SMILES string of the molecule is CC1(C)C[C@@H]2C[C@](C)(CN2C(=O)COC(=O)C2=CCC(=O)NN2)C1. The molecule has 2 atom stereocenters. The van der Waals surface area contributed by atoms with E-state index in [2.05, 4.69) is 31.6 Å². The zero-order valence-corrected chi connectivity index (χ0v) is 14.5. The number of rotatable bonds is 3. The van der Waals surface area contributed by atoms with Gasteiger partial charge in [0.25, 0.3) is 5.91 Å². The molecule has 3 rings (SSSR count). The minimum atomic E-state index is -0.628. The van der Waals surface area contributed by atoms with Crippen molar-refractivity contribution in [3.05, 3.63) is 11.8 Å². The Morgan fingerprint density at radius 1 is 1.29 bits per heavy atom. The first-order valence-corrected chi connectivity index (χ1v) is 8.39. The first-order valence-electron chi connectivity index (χ1n) is 8.39. The Labute approximate surface area is 141 Å². The van der Waals surface area contributed by atoms with Gasteiger partial charge in [0.2, 0.25) is 5.91 Å². The summed E-state index contributed by atoms with van der Waals surface area (Å²) >= 11 is 0. The van der Waals surface area contributed by atoms with Crippen molar-refractivity contribution in [3.63, 3.8) is 0 Å². The summed E-state index contributed by atoms with van der Waals surface area (Å²) in [6.45, 7) is 7.20. The Morgan fingerprint density at radius 3 is 2.71 bits per heavy atom. The second-order valence-electron chi connectivity index (χ2n) is 8.31. The largest absolute Gasteiger partial charge is 0.451 e. The summed E-state index contributed by atoms with van der Waals surface area (Å²) in [5.41, 5.74) is 5.38. The average molecular weight is 335 g/mol. The van der Waals surface area contributed by atoms with E-state index in [1.165, 1.54) is 6.08 Å². The van der Waals surface area contributed by atoms with Crippen LogP contribution in [0.25, 0.3) is 0 Å². The number of carbonyl (C=O) groups is 3. The fraction of sp³-hybridized carbons (Fsp3) is 0.706. The highest BCUT2D eigenvalue weighted by atomic mass is 16.5. The molecule has 1 aliphatic carbocycles. The maximum atomic E-state index is 12.5. The molecule has 0 aromatic rings. The quantitative estimate of drug-likeness (QED) is 0.747. The fourth-order valence-corrected chi connectivity index (χ4v) is 4.61. The van der Waals surface area contributed by atoms with Crippen molar-refractivity contribution in [3.8, 4) is 0 Å². The second-order valence-corrected chi connectivity index (χ2v) is 8.31. The molecule has 0 radical (unpaired) electrons. The topological polar surface area (TPSA) is 87.7 Å². The van der Waals surface area contributed by atoms with Gasteiger partial charge in [0, 0.05) is 19.0 Å². The van der Waals surface area contributed by atoms with E-state index in [0.717, 1.165) is 25.8 Å². The third-order valence-electron chi connectivity index (χ3n) is 5.11. The summed E-state index contributed by atoms with van der Waals surface area (Å²) in [5.74, 6) is -0.991. The van der Waals surface area contributed by atoms with Gasteiger partial charge in [-0.1, -0.05) is 20.8 Å². The van der Waals surface area contributed by atoms with Crippen molar-refractivity contribution in [1.29, 1.82) is 0 Å². The highest BCUT2D eigenvalue weighted by molar-refractivity contribution is 5.92. The van der Waals surface area contributed by atoms with Crippen LogP contribution in [-0.2, 0) is 19.1 Å². The number of nitrogens with zero attached hydrogens (tertiary/aromatic N) is 1. The van der Waals surface area contributed by atoms with Crippen molar-refractivity contribution in [1.82, 2.24) is 15.8 Å². The monoisotopic (exact) mass is 335 g/mol. The molecule has 0 aromatic carbocycles. The lowest BCUT2D eigenvalue weighted by atomic mass is 9.65. The lowest BCUT2D eigenvalue weighted by Gasteiger charge is -2.39. The van der Waals surface area contributed by atoms with Crippen LogP contribution in [0.3, 0.4) is 0 Å². The minimum Gasteiger partial charge on any atom is -0.451 e. The number of hydrazine groups is 1. The Balaban J connectivity index is 1.56. The molecular weight excluding hydrogens is 310 g/mol. The number of esters is 1. The smallest absolute Gasteiger partial charge is 0.356 e. The van der Waals surface area contributed by atoms with Crippen LogP contribution in [0.15, 0.2) is 11.8 Å². The number of fused-ring (bicyclic) bond motifs is 2. The molecule has 2 heterocycles. The van der Waals surface area contributed by atoms with Crippen LogP contribution in [0.4, 0.5) is 0 Å². The number of nitrogens with one attached hydrogen (secondary N) is 2. The predicted octanol–water partition coefficient (Wildman–Crippen LogP) is 0.865. The number of hydrogen-bond donors (Lipinski definition) is 2. The molecule has 1 saturated heterocycles. The van der Waals surface area contributed by atoms with Crippen molar-refractivity contribution in [2.75, 3.05) is 13.2 Å². The zero-order valence-electron chi connectivity index (χ0n) is 14.5. The van der Waals surface area contributed by atoms with Crippen LogP contribution in [-0.4, -0.2) is 41.9 Å². The normalized spacial score (nSPS) is 31.0. The van der Waals surface area contributed by atoms with Gasteiger partial charge in [0.05, 0.1) is 0 Å². The van der Waals surface area contributed by atoms with E-state index >= 15 is 0 Å². The van der Waals surface area contributed by atoms with Crippen LogP contribution >= 0.6 is 0 Å². The molecule has 2 fully saturated rings.